The normalized spacial score (nSPS) is 8.50. The van der Waals surface area contributed by atoms with E-state index in [-0.39, 0.29) is 6.61 Å². The van der Waals surface area contributed by atoms with Crippen LogP contribution in [-0.4, -0.2) is 18.3 Å². The Morgan fingerprint density at radius 1 is 1.25 bits per heavy atom. The van der Waals surface area contributed by atoms with Crippen molar-refractivity contribution >= 4 is 0 Å². The summed E-state index contributed by atoms with van der Waals surface area (Å²) < 4.78 is 0. The minimum atomic E-state index is 0.282. The maximum atomic E-state index is 8.30. The smallest absolute Gasteiger partial charge is 0.263 e. The van der Waals surface area contributed by atoms with E-state index in [0.29, 0.717) is 0 Å². The SMILES string of the molecule is C#[N+]CCCCCO. The zero-order valence-electron chi connectivity index (χ0n) is 5.01. The molecule has 0 atom stereocenters. The van der Waals surface area contributed by atoms with Crippen LogP contribution in [0.3, 0.4) is 0 Å². The monoisotopic (exact) mass is 114 g/mol. The van der Waals surface area contributed by atoms with Crippen LogP contribution in [0.4, 0.5) is 0 Å². The molecule has 0 fully saturated rings. The lowest BCUT2D eigenvalue weighted by Crippen LogP contribution is -1.83. The summed E-state index contributed by atoms with van der Waals surface area (Å²) in [4.78, 5) is 3.43. The van der Waals surface area contributed by atoms with Gasteiger partial charge < -0.3 is 5.11 Å². The second-order valence-corrected chi connectivity index (χ2v) is 1.69. The van der Waals surface area contributed by atoms with Crippen molar-refractivity contribution in [3.8, 4) is 6.57 Å². The first-order valence-electron chi connectivity index (χ1n) is 2.89. The number of hydrogen-bond donors (Lipinski definition) is 1. The minimum Gasteiger partial charge on any atom is -0.396 e. The van der Waals surface area contributed by atoms with Crippen molar-refractivity contribution in [3.63, 3.8) is 0 Å². The van der Waals surface area contributed by atoms with E-state index in [4.69, 9.17) is 11.7 Å². The molecular formula is C6H12NO+. The summed E-state index contributed by atoms with van der Waals surface area (Å²) >= 11 is 0. The molecule has 0 aliphatic heterocycles. The van der Waals surface area contributed by atoms with Gasteiger partial charge in [0, 0.05) is 13.0 Å². The Bertz CT molecular complexity index is 75.1. The lowest BCUT2D eigenvalue weighted by atomic mass is 10.2. The third-order valence-electron chi connectivity index (χ3n) is 0.945. The Labute approximate surface area is 50.0 Å². The third-order valence-corrected chi connectivity index (χ3v) is 0.945. The summed E-state index contributed by atoms with van der Waals surface area (Å²) in [5, 5.41) is 8.30. The van der Waals surface area contributed by atoms with Crippen LogP contribution in [0.2, 0.25) is 0 Å². The first kappa shape index (κ1) is 7.45. The highest BCUT2D eigenvalue weighted by atomic mass is 16.2. The fourth-order valence-electron chi connectivity index (χ4n) is 0.492. The van der Waals surface area contributed by atoms with Gasteiger partial charge in [-0.15, -0.1) is 0 Å². The van der Waals surface area contributed by atoms with Crippen molar-refractivity contribution in [2.45, 2.75) is 19.3 Å². The predicted octanol–water partition coefficient (Wildman–Crippen LogP) is 1.11. The van der Waals surface area contributed by atoms with Crippen LogP contribution >= 0.6 is 0 Å². The van der Waals surface area contributed by atoms with Crippen LogP contribution in [0, 0.1) is 6.57 Å². The molecule has 0 rings (SSSR count). The Hall–Kier alpha value is -0.550. The molecular weight excluding hydrogens is 102 g/mol. The zero-order valence-corrected chi connectivity index (χ0v) is 5.01. The van der Waals surface area contributed by atoms with E-state index in [2.05, 4.69) is 4.85 Å². The highest BCUT2D eigenvalue weighted by molar-refractivity contribution is 4.64. The summed E-state index contributed by atoms with van der Waals surface area (Å²) in [7, 11) is 0. The molecule has 0 spiro atoms. The first-order valence-corrected chi connectivity index (χ1v) is 2.89. The molecule has 2 heteroatoms. The minimum absolute atomic E-state index is 0.282. The molecule has 8 heavy (non-hydrogen) atoms. The van der Waals surface area contributed by atoms with Crippen molar-refractivity contribution in [1.82, 2.24) is 0 Å². The lowest BCUT2D eigenvalue weighted by molar-refractivity contribution is 0.284. The van der Waals surface area contributed by atoms with Crippen molar-refractivity contribution in [3.05, 3.63) is 4.85 Å². The molecule has 0 saturated heterocycles. The van der Waals surface area contributed by atoms with Crippen LogP contribution in [0.5, 0.6) is 0 Å². The molecule has 1 N–H and O–H groups in total. The zero-order chi connectivity index (χ0) is 6.24. The maximum absolute atomic E-state index is 8.30. The van der Waals surface area contributed by atoms with Crippen molar-refractivity contribution in [1.29, 1.82) is 0 Å². The highest BCUT2D eigenvalue weighted by Gasteiger charge is 1.89. The summed E-state index contributed by atoms with van der Waals surface area (Å²) in [6.07, 6.45) is 2.89. The molecule has 0 heterocycles. The Balaban J connectivity index is 2.65. The van der Waals surface area contributed by atoms with Crippen LogP contribution in [-0.2, 0) is 0 Å². The Morgan fingerprint density at radius 3 is 2.50 bits per heavy atom. The number of aliphatic hydroxyl groups is 1. The molecule has 0 aromatic carbocycles. The van der Waals surface area contributed by atoms with Gasteiger partial charge >= 0.3 is 0 Å². The molecule has 46 valence electrons. The molecule has 0 radical (unpaired) electrons. The maximum Gasteiger partial charge on any atom is 0.263 e. The van der Waals surface area contributed by atoms with Gasteiger partial charge in [0.2, 0.25) is 0 Å². The summed E-state index contributed by atoms with van der Waals surface area (Å²) in [5.41, 5.74) is 0. The van der Waals surface area contributed by atoms with E-state index in [9.17, 15) is 0 Å². The first-order chi connectivity index (χ1) is 3.91. The number of hydrogen-bond acceptors (Lipinski definition) is 1. The molecule has 0 unspecified atom stereocenters. The number of rotatable bonds is 4. The average Bonchev–Trinajstić information content (AvgIpc) is 1.81. The van der Waals surface area contributed by atoms with Crippen LogP contribution in [0.1, 0.15) is 19.3 Å². The van der Waals surface area contributed by atoms with Crippen molar-refractivity contribution in [2.24, 2.45) is 0 Å². The number of nitrogens with zero attached hydrogens (tertiary/aromatic N) is 1. The second kappa shape index (κ2) is 6.45. The lowest BCUT2D eigenvalue weighted by Gasteiger charge is -1.86. The van der Waals surface area contributed by atoms with E-state index >= 15 is 0 Å². The Morgan fingerprint density at radius 2 is 2.00 bits per heavy atom. The van der Waals surface area contributed by atoms with E-state index in [1.807, 2.05) is 0 Å². The fourth-order valence-corrected chi connectivity index (χ4v) is 0.492. The highest BCUT2D eigenvalue weighted by Crippen LogP contribution is 1.92. The topological polar surface area (TPSA) is 24.6 Å². The van der Waals surface area contributed by atoms with Gasteiger partial charge in [-0.3, -0.25) is 0 Å². The van der Waals surface area contributed by atoms with Gasteiger partial charge in [0.25, 0.3) is 13.1 Å². The molecule has 0 aliphatic carbocycles. The molecule has 0 amide bonds. The average molecular weight is 114 g/mol. The molecule has 0 aromatic rings. The van der Waals surface area contributed by atoms with E-state index in [1.54, 1.807) is 0 Å². The van der Waals surface area contributed by atoms with Gasteiger partial charge in [-0.1, -0.05) is 4.85 Å². The number of unbranched alkanes of at least 4 members (excludes halogenated alkanes) is 2. The van der Waals surface area contributed by atoms with Gasteiger partial charge in [0.15, 0.2) is 0 Å². The van der Waals surface area contributed by atoms with Crippen LogP contribution in [0.25, 0.3) is 4.85 Å². The molecule has 0 aliphatic rings. The second-order valence-electron chi connectivity index (χ2n) is 1.69. The van der Waals surface area contributed by atoms with Gasteiger partial charge in [0.1, 0.15) is 0 Å². The molecule has 0 aromatic heterocycles. The van der Waals surface area contributed by atoms with Gasteiger partial charge in [-0.2, -0.15) is 0 Å². The summed E-state index contributed by atoms with van der Waals surface area (Å²) in [5.74, 6) is 0. The van der Waals surface area contributed by atoms with Gasteiger partial charge in [-0.25, -0.2) is 0 Å². The molecule has 2 nitrogen and oxygen atoms in total. The predicted molar refractivity (Wildman–Crippen MR) is 34.1 cm³/mol. The Kier molecular flexibility index (Phi) is 6.01. The molecule has 0 bridgehead atoms. The quantitative estimate of drug-likeness (QED) is 0.544. The van der Waals surface area contributed by atoms with Gasteiger partial charge in [-0.05, 0) is 12.8 Å². The van der Waals surface area contributed by atoms with E-state index in [0.717, 1.165) is 25.8 Å². The van der Waals surface area contributed by atoms with Crippen molar-refractivity contribution < 1.29 is 5.11 Å². The summed E-state index contributed by atoms with van der Waals surface area (Å²) in [6, 6.07) is 0. The van der Waals surface area contributed by atoms with Gasteiger partial charge in [0.05, 0.1) is 0 Å². The largest absolute Gasteiger partial charge is 0.396 e. The standard InChI is InChI=1S/C6H12NO/c1-7-5-3-2-4-6-8/h1,8H,2-6H2/q+1. The number of aliphatic hydroxyl groups excluding tert-OH is 1. The fraction of sp³-hybridized carbons (Fsp3) is 0.833. The van der Waals surface area contributed by atoms with E-state index in [1.165, 1.54) is 0 Å². The van der Waals surface area contributed by atoms with Crippen LogP contribution in [0.15, 0.2) is 0 Å². The molecule has 0 saturated carbocycles. The summed E-state index contributed by atoms with van der Waals surface area (Å²) in [6.45, 7) is 5.88. The van der Waals surface area contributed by atoms with E-state index < -0.39 is 0 Å². The van der Waals surface area contributed by atoms with Crippen LogP contribution < -0.4 is 0 Å². The third kappa shape index (κ3) is 5.45. The van der Waals surface area contributed by atoms with Crippen molar-refractivity contribution in [2.75, 3.05) is 13.2 Å².